The third-order valence-corrected chi connectivity index (χ3v) is 4.96. The molecule has 24 heavy (non-hydrogen) atoms. The monoisotopic (exact) mass is 341 g/mol. The standard InChI is InChI=1S/C18H19N3O2S/c1-4-23-16-14-12(2)15(24-17(14)20-11-19-16)18(22)21(3)10-13-8-6-5-7-9-13/h5-9,11H,4,10H2,1-3H3. The van der Waals surface area contributed by atoms with Crippen LogP contribution in [0.15, 0.2) is 36.7 Å². The second-order valence-corrected chi connectivity index (χ2v) is 6.49. The van der Waals surface area contributed by atoms with Crippen LogP contribution >= 0.6 is 11.3 Å². The summed E-state index contributed by atoms with van der Waals surface area (Å²) >= 11 is 1.39. The van der Waals surface area contributed by atoms with Crippen LogP contribution in [0.5, 0.6) is 5.88 Å². The molecule has 0 saturated heterocycles. The van der Waals surface area contributed by atoms with Crippen molar-refractivity contribution in [3.05, 3.63) is 52.7 Å². The molecule has 0 unspecified atom stereocenters. The molecule has 2 heterocycles. The van der Waals surface area contributed by atoms with Gasteiger partial charge in [0.05, 0.1) is 16.9 Å². The van der Waals surface area contributed by atoms with Crippen LogP contribution in [0.2, 0.25) is 0 Å². The van der Waals surface area contributed by atoms with Gasteiger partial charge in [0.1, 0.15) is 11.2 Å². The van der Waals surface area contributed by atoms with E-state index in [2.05, 4.69) is 9.97 Å². The Morgan fingerprint density at radius 3 is 2.71 bits per heavy atom. The van der Waals surface area contributed by atoms with Crippen LogP contribution in [0.25, 0.3) is 10.2 Å². The Hall–Kier alpha value is -2.47. The molecule has 0 aliphatic heterocycles. The molecule has 3 aromatic rings. The van der Waals surface area contributed by atoms with Crippen LogP contribution in [-0.4, -0.2) is 34.4 Å². The second-order valence-electron chi connectivity index (χ2n) is 5.49. The quantitative estimate of drug-likeness (QED) is 0.710. The first-order valence-corrected chi connectivity index (χ1v) is 8.59. The zero-order valence-electron chi connectivity index (χ0n) is 13.9. The molecular formula is C18H19N3O2S. The van der Waals surface area contributed by atoms with E-state index in [-0.39, 0.29) is 5.91 Å². The lowest BCUT2D eigenvalue weighted by Crippen LogP contribution is -2.25. The van der Waals surface area contributed by atoms with Crippen molar-refractivity contribution in [1.29, 1.82) is 0 Å². The van der Waals surface area contributed by atoms with Gasteiger partial charge in [0.2, 0.25) is 5.88 Å². The molecule has 2 aromatic heterocycles. The molecule has 6 heteroatoms. The predicted octanol–water partition coefficient (Wildman–Crippen LogP) is 3.67. The van der Waals surface area contributed by atoms with Gasteiger partial charge in [-0.2, -0.15) is 0 Å². The van der Waals surface area contributed by atoms with E-state index in [1.54, 1.807) is 4.90 Å². The number of nitrogens with zero attached hydrogens (tertiary/aromatic N) is 3. The van der Waals surface area contributed by atoms with Gasteiger partial charge in [-0.3, -0.25) is 4.79 Å². The Morgan fingerprint density at radius 2 is 2.00 bits per heavy atom. The smallest absolute Gasteiger partial charge is 0.264 e. The highest BCUT2D eigenvalue weighted by Gasteiger charge is 2.22. The van der Waals surface area contributed by atoms with E-state index < -0.39 is 0 Å². The number of benzene rings is 1. The minimum Gasteiger partial charge on any atom is -0.477 e. The number of hydrogen-bond acceptors (Lipinski definition) is 5. The average Bonchev–Trinajstić information content (AvgIpc) is 2.93. The van der Waals surface area contributed by atoms with Gasteiger partial charge in [0, 0.05) is 13.6 Å². The lowest BCUT2D eigenvalue weighted by molar-refractivity contribution is 0.0789. The van der Waals surface area contributed by atoms with Crippen molar-refractivity contribution in [3.8, 4) is 5.88 Å². The first kappa shape index (κ1) is 16.4. The molecule has 0 radical (unpaired) electrons. The van der Waals surface area contributed by atoms with Crippen molar-refractivity contribution >= 4 is 27.5 Å². The lowest BCUT2D eigenvalue weighted by Gasteiger charge is -2.16. The highest BCUT2D eigenvalue weighted by Crippen LogP contribution is 2.35. The van der Waals surface area contributed by atoms with E-state index in [0.717, 1.165) is 21.3 Å². The first-order chi connectivity index (χ1) is 11.6. The molecule has 0 spiro atoms. The maximum absolute atomic E-state index is 12.9. The molecule has 3 rings (SSSR count). The fraction of sp³-hybridized carbons (Fsp3) is 0.278. The molecule has 1 aromatic carbocycles. The summed E-state index contributed by atoms with van der Waals surface area (Å²) in [5.41, 5.74) is 1.98. The number of aryl methyl sites for hydroxylation is 1. The van der Waals surface area contributed by atoms with E-state index in [9.17, 15) is 4.79 Å². The molecule has 0 N–H and O–H groups in total. The molecule has 0 aliphatic carbocycles. The predicted molar refractivity (Wildman–Crippen MR) is 95.6 cm³/mol. The van der Waals surface area contributed by atoms with Crippen molar-refractivity contribution in [2.45, 2.75) is 20.4 Å². The summed E-state index contributed by atoms with van der Waals surface area (Å²) in [6.45, 7) is 4.93. The van der Waals surface area contributed by atoms with Crippen LogP contribution in [0.3, 0.4) is 0 Å². The number of fused-ring (bicyclic) bond motifs is 1. The summed E-state index contributed by atoms with van der Waals surface area (Å²) in [4.78, 5) is 24.5. The zero-order valence-corrected chi connectivity index (χ0v) is 14.8. The molecule has 0 saturated carbocycles. The van der Waals surface area contributed by atoms with Gasteiger partial charge < -0.3 is 9.64 Å². The Balaban J connectivity index is 1.92. The highest BCUT2D eigenvalue weighted by atomic mass is 32.1. The van der Waals surface area contributed by atoms with Crippen molar-refractivity contribution < 1.29 is 9.53 Å². The fourth-order valence-electron chi connectivity index (χ4n) is 2.59. The summed E-state index contributed by atoms with van der Waals surface area (Å²) in [6.07, 6.45) is 1.48. The van der Waals surface area contributed by atoms with Gasteiger partial charge in [0.25, 0.3) is 5.91 Å². The number of hydrogen-bond donors (Lipinski definition) is 0. The van der Waals surface area contributed by atoms with Gasteiger partial charge in [0.15, 0.2) is 0 Å². The normalized spacial score (nSPS) is 10.8. The second kappa shape index (κ2) is 6.97. The molecule has 1 amide bonds. The van der Waals surface area contributed by atoms with Crippen LogP contribution in [0.4, 0.5) is 0 Å². The molecule has 5 nitrogen and oxygen atoms in total. The largest absolute Gasteiger partial charge is 0.477 e. The number of amides is 1. The van der Waals surface area contributed by atoms with Crippen LogP contribution in [0.1, 0.15) is 27.7 Å². The number of carbonyl (C=O) groups excluding carboxylic acids is 1. The zero-order chi connectivity index (χ0) is 17.1. The van der Waals surface area contributed by atoms with Crippen molar-refractivity contribution in [2.75, 3.05) is 13.7 Å². The topological polar surface area (TPSA) is 55.3 Å². The van der Waals surface area contributed by atoms with Gasteiger partial charge >= 0.3 is 0 Å². The maximum atomic E-state index is 12.9. The number of thiophene rings is 1. The minimum absolute atomic E-state index is 0.0122. The molecular weight excluding hydrogens is 322 g/mol. The van der Waals surface area contributed by atoms with Crippen LogP contribution in [0, 0.1) is 6.92 Å². The van der Waals surface area contributed by atoms with Gasteiger partial charge in [-0.05, 0) is 25.0 Å². The Morgan fingerprint density at radius 1 is 1.25 bits per heavy atom. The van der Waals surface area contributed by atoms with Crippen LogP contribution < -0.4 is 4.74 Å². The highest BCUT2D eigenvalue weighted by molar-refractivity contribution is 7.20. The van der Waals surface area contributed by atoms with Gasteiger partial charge in [-0.1, -0.05) is 30.3 Å². The summed E-state index contributed by atoms with van der Waals surface area (Å²) in [5, 5.41) is 0.834. The molecule has 0 aliphatic rings. The average molecular weight is 341 g/mol. The summed E-state index contributed by atoms with van der Waals surface area (Å²) in [6, 6.07) is 9.94. The van der Waals surface area contributed by atoms with E-state index in [1.165, 1.54) is 17.7 Å². The maximum Gasteiger partial charge on any atom is 0.264 e. The SMILES string of the molecule is CCOc1ncnc2sc(C(=O)N(C)Cc3ccccc3)c(C)c12. The van der Waals surface area contributed by atoms with Gasteiger partial charge in [-0.25, -0.2) is 9.97 Å². The summed E-state index contributed by atoms with van der Waals surface area (Å²) < 4.78 is 5.58. The molecule has 0 atom stereocenters. The van der Waals surface area contributed by atoms with Crippen LogP contribution in [-0.2, 0) is 6.54 Å². The Kier molecular flexibility index (Phi) is 4.76. The summed E-state index contributed by atoms with van der Waals surface area (Å²) in [5.74, 6) is 0.530. The van der Waals surface area contributed by atoms with E-state index in [1.807, 2.05) is 51.2 Å². The summed E-state index contributed by atoms with van der Waals surface area (Å²) in [7, 11) is 1.81. The van der Waals surface area contributed by atoms with E-state index in [0.29, 0.717) is 23.9 Å². The number of carbonyl (C=O) groups is 1. The van der Waals surface area contributed by atoms with Crippen molar-refractivity contribution in [3.63, 3.8) is 0 Å². The number of aromatic nitrogens is 2. The Labute approximate surface area is 144 Å². The van der Waals surface area contributed by atoms with Crippen molar-refractivity contribution in [2.24, 2.45) is 0 Å². The lowest BCUT2D eigenvalue weighted by atomic mass is 10.2. The van der Waals surface area contributed by atoms with Gasteiger partial charge in [-0.15, -0.1) is 11.3 Å². The third kappa shape index (κ3) is 3.10. The van der Waals surface area contributed by atoms with E-state index in [4.69, 9.17) is 4.74 Å². The minimum atomic E-state index is -0.0122. The fourth-order valence-corrected chi connectivity index (χ4v) is 3.73. The number of rotatable bonds is 5. The first-order valence-electron chi connectivity index (χ1n) is 7.78. The molecule has 0 bridgehead atoms. The molecule has 124 valence electrons. The van der Waals surface area contributed by atoms with E-state index >= 15 is 0 Å². The molecule has 0 fully saturated rings. The third-order valence-electron chi connectivity index (χ3n) is 3.78. The van der Waals surface area contributed by atoms with Crippen molar-refractivity contribution in [1.82, 2.24) is 14.9 Å². The number of ether oxygens (including phenoxy) is 1. The Bertz CT molecular complexity index is 861.